The fourth-order valence-corrected chi connectivity index (χ4v) is 5.45. The van der Waals surface area contributed by atoms with Gasteiger partial charge in [-0.15, -0.1) is 0 Å². The maximum absolute atomic E-state index is 10.3. The van der Waals surface area contributed by atoms with E-state index in [2.05, 4.69) is 25.2 Å². The van der Waals surface area contributed by atoms with Gasteiger partial charge < -0.3 is 10.4 Å². The van der Waals surface area contributed by atoms with Gasteiger partial charge in [0.2, 0.25) is 0 Å². The molecule has 1 aromatic rings. The van der Waals surface area contributed by atoms with Gasteiger partial charge in [0.15, 0.2) is 0 Å². The highest BCUT2D eigenvalue weighted by atomic mass is 16.3. The molecule has 4 rings (SSSR count). The summed E-state index contributed by atoms with van der Waals surface area (Å²) in [5, 5.41) is 14.1. The van der Waals surface area contributed by atoms with Crippen LogP contribution in [0, 0.1) is 24.7 Å². The summed E-state index contributed by atoms with van der Waals surface area (Å²) in [4.78, 5) is 0. The molecule has 0 amide bonds. The van der Waals surface area contributed by atoms with Gasteiger partial charge in [0, 0.05) is 11.6 Å². The minimum absolute atomic E-state index is 0.356. The Kier molecular flexibility index (Phi) is 3.25. The summed E-state index contributed by atoms with van der Waals surface area (Å²) in [6.07, 6.45) is 6.99. The van der Waals surface area contributed by atoms with Crippen LogP contribution in [0.25, 0.3) is 0 Å². The predicted molar refractivity (Wildman–Crippen MR) is 85.6 cm³/mol. The molecular formula is C19H27NO. The lowest BCUT2D eigenvalue weighted by atomic mass is 9.88. The van der Waals surface area contributed by atoms with E-state index in [-0.39, 0.29) is 0 Å². The third-order valence-electron chi connectivity index (χ3n) is 6.42. The molecule has 0 saturated heterocycles. The molecule has 0 aliphatic heterocycles. The standard InChI is InChI=1S/C19H27NO/c1-11-3-6-17(21)19-16(7-12(2)18(11)19)20-10-15-9-13-4-5-14(15)8-13/h3,6,12-16,20-21H,4-5,7-10H2,1-2H3. The second kappa shape index (κ2) is 5.01. The Bertz CT molecular complexity index is 553. The lowest BCUT2D eigenvalue weighted by Crippen LogP contribution is -2.29. The zero-order valence-electron chi connectivity index (χ0n) is 13.2. The first-order chi connectivity index (χ1) is 10.1. The van der Waals surface area contributed by atoms with Crippen LogP contribution >= 0.6 is 0 Å². The van der Waals surface area contributed by atoms with E-state index in [1.54, 1.807) is 0 Å². The Morgan fingerprint density at radius 1 is 1.14 bits per heavy atom. The van der Waals surface area contributed by atoms with Crippen molar-refractivity contribution in [2.75, 3.05) is 6.54 Å². The molecule has 5 unspecified atom stereocenters. The van der Waals surface area contributed by atoms with E-state index in [0.29, 0.717) is 17.7 Å². The van der Waals surface area contributed by atoms with Gasteiger partial charge in [-0.25, -0.2) is 0 Å². The van der Waals surface area contributed by atoms with Crippen LogP contribution in [0.2, 0.25) is 0 Å². The van der Waals surface area contributed by atoms with Gasteiger partial charge in [0.05, 0.1) is 0 Å². The summed E-state index contributed by atoms with van der Waals surface area (Å²) in [5.74, 6) is 3.93. The van der Waals surface area contributed by atoms with Crippen LogP contribution in [-0.2, 0) is 0 Å². The van der Waals surface area contributed by atoms with Gasteiger partial charge in [0.1, 0.15) is 5.75 Å². The maximum Gasteiger partial charge on any atom is 0.120 e. The van der Waals surface area contributed by atoms with Gasteiger partial charge in [0.25, 0.3) is 0 Å². The number of fused-ring (bicyclic) bond motifs is 3. The molecule has 2 heteroatoms. The average molecular weight is 285 g/mol. The molecule has 1 aromatic carbocycles. The van der Waals surface area contributed by atoms with Gasteiger partial charge in [-0.05, 0) is 80.0 Å². The third-order valence-corrected chi connectivity index (χ3v) is 6.42. The van der Waals surface area contributed by atoms with E-state index >= 15 is 0 Å². The second-order valence-corrected chi connectivity index (χ2v) is 7.76. The van der Waals surface area contributed by atoms with Gasteiger partial charge >= 0.3 is 0 Å². The first-order valence-electron chi connectivity index (χ1n) is 8.69. The molecule has 2 saturated carbocycles. The van der Waals surface area contributed by atoms with E-state index < -0.39 is 0 Å². The van der Waals surface area contributed by atoms with Gasteiger partial charge in [-0.3, -0.25) is 0 Å². The van der Waals surface area contributed by atoms with Gasteiger partial charge in [-0.1, -0.05) is 19.4 Å². The quantitative estimate of drug-likeness (QED) is 0.869. The van der Waals surface area contributed by atoms with Crippen LogP contribution in [-0.4, -0.2) is 11.7 Å². The fraction of sp³-hybridized carbons (Fsp3) is 0.684. The van der Waals surface area contributed by atoms with Crippen molar-refractivity contribution in [1.82, 2.24) is 5.32 Å². The van der Waals surface area contributed by atoms with E-state index in [1.165, 1.54) is 42.4 Å². The molecule has 21 heavy (non-hydrogen) atoms. The molecule has 2 bridgehead atoms. The predicted octanol–water partition coefficient (Wildman–Crippen LogP) is 4.27. The number of nitrogens with one attached hydrogen (secondary N) is 1. The highest BCUT2D eigenvalue weighted by molar-refractivity contribution is 5.50. The number of phenolic OH excluding ortho intramolecular Hbond substituents is 1. The highest BCUT2D eigenvalue weighted by Gasteiger charge is 2.40. The molecule has 0 radical (unpaired) electrons. The van der Waals surface area contributed by atoms with Crippen molar-refractivity contribution in [1.29, 1.82) is 0 Å². The molecule has 2 nitrogen and oxygen atoms in total. The van der Waals surface area contributed by atoms with E-state index in [9.17, 15) is 5.11 Å². The van der Waals surface area contributed by atoms with Crippen molar-refractivity contribution in [3.8, 4) is 5.75 Å². The van der Waals surface area contributed by atoms with Crippen molar-refractivity contribution < 1.29 is 5.11 Å². The topological polar surface area (TPSA) is 32.3 Å². The van der Waals surface area contributed by atoms with Crippen molar-refractivity contribution in [3.63, 3.8) is 0 Å². The summed E-state index contributed by atoms with van der Waals surface area (Å²) in [6.45, 7) is 5.61. The average Bonchev–Trinajstić information content (AvgIpc) is 3.15. The Morgan fingerprint density at radius 2 is 2.00 bits per heavy atom. The number of rotatable bonds is 3. The Labute approximate surface area is 128 Å². The lowest BCUT2D eigenvalue weighted by Gasteiger charge is -2.24. The first kappa shape index (κ1) is 13.6. The fourth-order valence-electron chi connectivity index (χ4n) is 5.45. The van der Waals surface area contributed by atoms with Crippen LogP contribution < -0.4 is 5.32 Å². The summed E-state index contributed by atoms with van der Waals surface area (Å²) >= 11 is 0. The minimum Gasteiger partial charge on any atom is -0.508 e. The summed E-state index contributed by atoms with van der Waals surface area (Å²) in [6, 6.07) is 4.29. The maximum atomic E-state index is 10.3. The number of aryl methyl sites for hydroxylation is 1. The Hall–Kier alpha value is -1.02. The van der Waals surface area contributed by atoms with Crippen LogP contribution in [0.1, 0.15) is 67.7 Å². The highest BCUT2D eigenvalue weighted by Crippen LogP contribution is 2.49. The first-order valence-corrected chi connectivity index (χ1v) is 8.69. The molecule has 0 heterocycles. The second-order valence-electron chi connectivity index (χ2n) is 7.76. The van der Waals surface area contributed by atoms with Crippen molar-refractivity contribution in [2.45, 2.75) is 57.9 Å². The molecule has 2 fully saturated rings. The lowest BCUT2D eigenvalue weighted by molar-refractivity contribution is 0.303. The van der Waals surface area contributed by atoms with Crippen molar-refractivity contribution in [2.24, 2.45) is 17.8 Å². The molecular weight excluding hydrogens is 258 g/mol. The van der Waals surface area contributed by atoms with Crippen LogP contribution in [0.3, 0.4) is 0 Å². The smallest absolute Gasteiger partial charge is 0.120 e. The normalized spacial score (nSPS) is 37.1. The Balaban J connectivity index is 1.49. The van der Waals surface area contributed by atoms with E-state index in [4.69, 9.17) is 0 Å². The van der Waals surface area contributed by atoms with Crippen LogP contribution in [0.5, 0.6) is 5.75 Å². The minimum atomic E-state index is 0.356. The third kappa shape index (κ3) is 2.19. The largest absolute Gasteiger partial charge is 0.508 e. The van der Waals surface area contributed by atoms with Gasteiger partial charge in [-0.2, -0.15) is 0 Å². The summed E-state index contributed by atoms with van der Waals surface area (Å²) < 4.78 is 0. The number of phenols is 1. The zero-order chi connectivity index (χ0) is 14.6. The van der Waals surface area contributed by atoms with Crippen LogP contribution in [0.15, 0.2) is 12.1 Å². The number of aromatic hydroxyl groups is 1. The number of benzene rings is 1. The molecule has 114 valence electrons. The molecule has 3 aliphatic rings. The molecule has 0 aromatic heterocycles. The molecule has 0 spiro atoms. The summed E-state index contributed by atoms with van der Waals surface area (Å²) in [5.41, 5.74) is 3.91. The van der Waals surface area contributed by atoms with Crippen LogP contribution in [0.4, 0.5) is 0 Å². The Morgan fingerprint density at radius 3 is 2.71 bits per heavy atom. The number of hydrogen-bond acceptors (Lipinski definition) is 2. The number of hydrogen-bond donors (Lipinski definition) is 2. The van der Waals surface area contributed by atoms with E-state index in [0.717, 1.165) is 30.7 Å². The zero-order valence-corrected chi connectivity index (χ0v) is 13.2. The molecule has 3 aliphatic carbocycles. The van der Waals surface area contributed by atoms with Crippen molar-refractivity contribution >= 4 is 0 Å². The molecule has 2 N–H and O–H groups in total. The summed E-state index contributed by atoms with van der Waals surface area (Å²) in [7, 11) is 0. The van der Waals surface area contributed by atoms with Crippen molar-refractivity contribution in [3.05, 3.63) is 28.8 Å². The van der Waals surface area contributed by atoms with E-state index in [1.807, 2.05) is 6.07 Å². The SMILES string of the molecule is Cc1ccc(O)c2c1C(C)CC2NCC1CC2CCC1C2. The monoisotopic (exact) mass is 285 g/mol. The molecule has 5 atom stereocenters.